The fraction of sp³-hybridized carbons (Fsp3) is 1.00. The lowest BCUT2D eigenvalue weighted by molar-refractivity contribution is 0.145. The molecule has 0 spiro atoms. The van der Waals surface area contributed by atoms with E-state index in [0.29, 0.717) is 0 Å². The number of hydrogen-bond donors (Lipinski definition) is 1. The fourth-order valence-corrected chi connectivity index (χ4v) is 1.81. The number of unbranched alkanes of at least 4 members (excludes halogenated alkanes) is 3. The van der Waals surface area contributed by atoms with E-state index in [2.05, 4.69) is 27.9 Å². The van der Waals surface area contributed by atoms with E-state index in [1.54, 1.807) is 0 Å². The predicted octanol–water partition coefficient (Wildman–Crippen LogP) is 3.00. The Hall–Kier alpha value is 0.650. The van der Waals surface area contributed by atoms with Crippen molar-refractivity contribution < 1.29 is 4.74 Å². The van der Waals surface area contributed by atoms with Crippen LogP contribution < -0.4 is 5.32 Å². The largest absolute Gasteiger partial charge is 0.382 e. The van der Waals surface area contributed by atoms with Crippen LogP contribution in [0.15, 0.2) is 0 Å². The third kappa shape index (κ3) is 12.7. The molecule has 14 heavy (non-hydrogen) atoms. The molecule has 0 heterocycles. The summed E-state index contributed by atoms with van der Waals surface area (Å²) in [6, 6.07) is 0. The average molecular weight is 313 g/mol. The van der Waals surface area contributed by atoms with E-state index in [1.807, 2.05) is 6.92 Å². The Morgan fingerprint density at radius 2 is 1.71 bits per heavy atom. The van der Waals surface area contributed by atoms with E-state index in [1.165, 1.54) is 36.7 Å². The van der Waals surface area contributed by atoms with Gasteiger partial charge in [-0.15, -0.1) is 0 Å². The Balaban J connectivity index is 2.78. The molecule has 0 aromatic carbocycles. The molecular formula is C11H24INO. The van der Waals surface area contributed by atoms with E-state index < -0.39 is 0 Å². The SMILES string of the molecule is CCOCCCNCCCCCCI. The second kappa shape index (κ2) is 13.7. The van der Waals surface area contributed by atoms with Crippen LogP contribution in [0.25, 0.3) is 0 Å². The molecule has 0 aliphatic carbocycles. The van der Waals surface area contributed by atoms with Crippen molar-refractivity contribution in [3.63, 3.8) is 0 Å². The molecule has 0 rings (SSSR count). The van der Waals surface area contributed by atoms with Crippen LogP contribution in [0.5, 0.6) is 0 Å². The third-order valence-electron chi connectivity index (χ3n) is 2.08. The van der Waals surface area contributed by atoms with Crippen LogP contribution in [0.4, 0.5) is 0 Å². The summed E-state index contributed by atoms with van der Waals surface area (Å²) in [7, 11) is 0. The first-order valence-electron chi connectivity index (χ1n) is 5.76. The van der Waals surface area contributed by atoms with Crippen LogP contribution in [0.1, 0.15) is 39.0 Å². The second-order valence-electron chi connectivity index (χ2n) is 3.40. The predicted molar refractivity (Wildman–Crippen MR) is 71.3 cm³/mol. The van der Waals surface area contributed by atoms with Crippen molar-refractivity contribution in [2.45, 2.75) is 39.0 Å². The molecule has 86 valence electrons. The smallest absolute Gasteiger partial charge is 0.0477 e. The first kappa shape index (κ1) is 14.6. The van der Waals surface area contributed by atoms with E-state index in [4.69, 9.17) is 4.74 Å². The zero-order valence-electron chi connectivity index (χ0n) is 9.36. The van der Waals surface area contributed by atoms with Gasteiger partial charge in [-0.1, -0.05) is 35.4 Å². The van der Waals surface area contributed by atoms with Gasteiger partial charge in [0.1, 0.15) is 0 Å². The zero-order valence-corrected chi connectivity index (χ0v) is 11.5. The minimum absolute atomic E-state index is 0.844. The summed E-state index contributed by atoms with van der Waals surface area (Å²) in [5, 5.41) is 3.44. The number of nitrogens with one attached hydrogen (secondary N) is 1. The lowest BCUT2D eigenvalue weighted by atomic mass is 10.2. The Bertz CT molecular complexity index is 89.3. The first-order chi connectivity index (χ1) is 6.91. The summed E-state index contributed by atoms with van der Waals surface area (Å²) in [5.74, 6) is 0. The van der Waals surface area contributed by atoms with E-state index in [9.17, 15) is 0 Å². The van der Waals surface area contributed by atoms with Gasteiger partial charge in [-0.2, -0.15) is 0 Å². The maximum atomic E-state index is 5.25. The summed E-state index contributed by atoms with van der Waals surface area (Å²) >= 11 is 2.45. The molecule has 0 aromatic heterocycles. The Labute approximate surface area is 102 Å². The molecule has 0 aliphatic heterocycles. The highest BCUT2D eigenvalue weighted by molar-refractivity contribution is 14.1. The molecule has 0 unspecified atom stereocenters. The van der Waals surface area contributed by atoms with Crippen molar-refractivity contribution in [3.05, 3.63) is 0 Å². The standard InChI is InChI=1S/C11H24INO/c1-2-14-11-7-10-13-9-6-4-3-5-8-12/h13H,2-11H2,1H3. The zero-order chi connectivity index (χ0) is 10.5. The molecule has 0 fully saturated rings. The normalized spacial score (nSPS) is 10.7. The first-order valence-corrected chi connectivity index (χ1v) is 7.28. The molecule has 0 atom stereocenters. The van der Waals surface area contributed by atoms with Gasteiger partial charge in [-0.25, -0.2) is 0 Å². The number of halogens is 1. The highest BCUT2D eigenvalue weighted by Gasteiger charge is 1.90. The van der Waals surface area contributed by atoms with Crippen LogP contribution in [-0.4, -0.2) is 30.7 Å². The highest BCUT2D eigenvalue weighted by atomic mass is 127. The molecular weight excluding hydrogens is 289 g/mol. The van der Waals surface area contributed by atoms with Gasteiger partial charge in [0.25, 0.3) is 0 Å². The average Bonchev–Trinajstić information content (AvgIpc) is 2.21. The Morgan fingerprint density at radius 1 is 1.00 bits per heavy atom. The molecule has 0 aromatic rings. The van der Waals surface area contributed by atoms with Crippen molar-refractivity contribution >= 4 is 22.6 Å². The molecule has 0 amide bonds. The van der Waals surface area contributed by atoms with Gasteiger partial charge < -0.3 is 10.1 Å². The van der Waals surface area contributed by atoms with Gasteiger partial charge in [0.05, 0.1) is 0 Å². The lowest BCUT2D eigenvalue weighted by Gasteiger charge is -2.04. The topological polar surface area (TPSA) is 21.3 Å². The van der Waals surface area contributed by atoms with Crippen LogP contribution >= 0.6 is 22.6 Å². The second-order valence-corrected chi connectivity index (χ2v) is 4.48. The molecule has 0 bridgehead atoms. The molecule has 0 saturated carbocycles. The molecule has 0 aliphatic rings. The Kier molecular flexibility index (Phi) is 14.3. The molecule has 3 heteroatoms. The number of ether oxygens (including phenoxy) is 1. The summed E-state index contributed by atoms with van der Waals surface area (Å²) in [4.78, 5) is 0. The van der Waals surface area contributed by atoms with Crippen LogP contribution in [-0.2, 0) is 4.74 Å². The van der Waals surface area contributed by atoms with Crippen molar-refractivity contribution in [1.82, 2.24) is 5.32 Å². The number of alkyl halides is 1. The van der Waals surface area contributed by atoms with Crippen LogP contribution in [0.2, 0.25) is 0 Å². The minimum atomic E-state index is 0.844. The van der Waals surface area contributed by atoms with Crippen molar-refractivity contribution in [2.75, 3.05) is 30.7 Å². The van der Waals surface area contributed by atoms with E-state index in [-0.39, 0.29) is 0 Å². The highest BCUT2D eigenvalue weighted by Crippen LogP contribution is 2.01. The fourth-order valence-electron chi connectivity index (χ4n) is 1.27. The number of rotatable bonds is 11. The van der Waals surface area contributed by atoms with Crippen molar-refractivity contribution in [2.24, 2.45) is 0 Å². The van der Waals surface area contributed by atoms with Gasteiger partial charge >= 0.3 is 0 Å². The number of hydrogen-bond acceptors (Lipinski definition) is 2. The van der Waals surface area contributed by atoms with Gasteiger partial charge in [-0.3, -0.25) is 0 Å². The summed E-state index contributed by atoms with van der Waals surface area (Å²) in [5.41, 5.74) is 0. The van der Waals surface area contributed by atoms with Gasteiger partial charge in [0, 0.05) is 13.2 Å². The maximum Gasteiger partial charge on any atom is 0.0477 e. The molecule has 0 radical (unpaired) electrons. The quantitative estimate of drug-likeness (QED) is 0.360. The maximum absolute atomic E-state index is 5.25. The van der Waals surface area contributed by atoms with E-state index in [0.717, 1.165) is 26.2 Å². The van der Waals surface area contributed by atoms with Crippen molar-refractivity contribution in [3.8, 4) is 0 Å². The summed E-state index contributed by atoms with van der Waals surface area (Å²) < 4.78 is 6.56. The van der Waals surface area contributed by atoms with Gasteiger partial charge in [0.15, 0.2) is 0 Å². The van der Waals surface area contributed by atoms with Gasteiger partial charge in [-0.05, 0) is 43.7 Å². The minimum Gasteiger partial charge on any atom is -0.382 e. The van der Waals surface area contributed by atoms with Crippen LogP contribution in [0.3, 0.4) is 0 Å². The lowest BCUT2D eigenvalue weighted by Crippen LogP contribution is -2.18. The third-order valence-corrected chi connectivity index (χ3v) is 2.85. The monoisotopic (exact) mass is 313 g/mol. The Morgan fingerprint density at radius 3 is 2.43 bits per heavy atom. The summed E-state index contributed by atoms with van der Waals surface area (Å²) in [6.45, 7) is 6.06. The van der Waals surface area contributed by atoms with Crippen molar-refractivity contribution in [1.29, 1.82) is 0 Å². The summed E-state index contributed by atoms with van der Waals surface area (Å²) in [6.07, 6.45) is 6.61. The van der Waals surface area contributed by atoms with Crippen LogP contribution in [0, 0.1) is 0 Å². The molecule has 0 saturated heterocycles. The molecule has 1 N–H and O–H groups in total. The van der Waals surface area contributed by atoms with Gasteiger partial charge in [0.2, 0.25) is 0 Å². The van der Waals surface area contributed by atoms with E-state index >= 15 is 0 Å². The molecule has 2 nitrogen and oxygen atoms in total.